The number of methoxy groups -OCH3 is 2. The number of hydrogen-bond donors (Lipinski definition) is 2. The molecule has 0 amide bonds. The zero-order valence-electron chi connectivity index (χ0n) is 31.3. The van der Waals surface area contributed by atoms with Crippen molar-refractivity contribution in [1.82, 2.24) is 4.90 Å². The average molecular weight is 735 g/mol. The van der Waals surface area contributed by atoms with Gasteiger partial charge in [-0.05, 0) is 68.3 Å². The van der Waals surface area contributed by atoms with E-state index in [9.17, 15) is 9.90 Å². The number of quaternary nitrogens is 1. The van der Waals surface area contributed by atoms with Gasteiger partial charge in [-0.1, -0.05) is 30.3 Å². The number of fused-ring (bicyclic) bond motifs is 4. The molecule has 9 aliphatic heterocycles. The van der Waals surface area contributed by atoms with Crippen molar-refractivity contribution in [3.8, 4) is 5.75 Å². The Labute approximate surface area is 315 Å². The Bertz CT molecular complexity index is 2110. The van der Waals surface area contributed by atoms with Gasteiger partial charge in [-0.3, -0.25) is 4.90 Å². The molecule has 11 aliphatic rings. The Kier molecular flexibility index (Phi) is 5.72. The standard InChI is InChI=1S/C43H50N4O7/c1-51-30-9-5-7-28-32(30)46-24-38(20-25-21-39-13-18-53-31(39)10-16-47(50)17-12-42(28,36(39)47)43(25,46)49)23-45-15-11-41-27-6-3-4-8-29(27)44-33(41)26(34(48)52-2)22-40(35(41)45)14-19-54-37(38)40/h3-9,25,31,35-37,44,49H,10-24H2,1-2H3/t25-,31+,35+,36+,37?,38?,39-,40+,41+,42-,43-,47?/m1/s1. The lowest BCUT2D eigenvalue weighted by molar-refractivity contribution is -0.912. The van der Waals surface area contributed by atoms with E-state index < -0.39 is 11.1 Å². The van der Waals surface area contributed by atoms with Crippen molar-refractivity contribution in [1.29, 1.82) is 0 Å². The van der Waals surface area contributed by atoms with E-state index in [4.69, 9.17) is 18.9 Å². The second-order valence-corrected chi connectivity index (χ2v) is 19.3. The van der Waals surface area contributed by atoms with Crippen LogP contribution in [0.15, 0.2) is 53.7 Å². The number of nitrogens with one attached hydrogen (secondary N) is 1. The summed E-state index contributed by atoms with van der Waals surface area (Å²) >= 11 is 0. The van der Waals surface area contributed by atoms with Crippen LogP contribution in [-0.4, -0.2) is 111 Å². The van der Waals surface area contributed by atoms with Crippen LogP contribution in [0.25, 0.3) is 0 Å². The third kappa shape index (κ3) is 3.06. The summed E-state index contributed by atoms with van der Waals surface area (Å²) in [6, 6.07) is 14.9. The molecule has 3 unspecified atom stereocenters. The Morgan fingerprint density at radius 3 is 2.69 bits per heavy atom. The number of hydrogen-bond acceptors (Lipinski definition) is 10. The van der Waals surface area contributed by atoms with Crippen LogP contribution in [0, 0.1) is 27.4 Å². The number of para-hydroxylation sites is 2. The van der Waals surface area contributed by atoms with Crippen LogP contribution in [0.1, 0.15) is 62.5 Å². The van der Waals surface area contributed by atoms with Crippen molar-refractivity contribution >= 4 is 17.3 Å². The summed E-state index contributed by atoms with van der Waals surface area (Å²) in [6.07, 6.45) is 6.19. The highest BCUT2D eigenvalue weighted by atomic mass is 16.6. The molecule has 1 saturated carbocycles. The molecule has 2 N–H and O–H groups in total. The van der Waals surface area contributed by atoms with Crippen molar-refractivity contribution in [2.45, 2.75) is 92.2 Å². The molecule has 5 spiro atoms. The molecule has 9 heterocycles. The topological polar surface area (TPSA) is 116 Å². The molecule has 11 nitrogen and oxygen atoms in total. The molecule has 2 aromatic rings. The van der Waals surface area contributed by atoms with E-state index in [2.05, 4.69) is 51.5 Å². The van der Waals surface area contributed by atoms with E-state index in [1.54, 1.807) is 7.11 Å². The first kappa shape index (κ1) is 32.0. The maximum Gasteiger partial charge on any atom is 0.335 e. The molecule has 7 saturated heterocycles. The fourth-order valence-corrected chi connectivity index (χ4v) is 17.1. The summed E-state index contributed by atoms with van der Waals surface area (Å²) in [5.74, 6) is 0.413. The quantitative estimate of drug-likeness (QED) is 0.265. The number of esters is 1. The molecule has 12 atom stereocenters. The molecule has 11 heteroatoms. The highest BCUT2D eigenvalue weighted by molar-refractivity contribution is 5.93. The normalized spacial score (nSPS) is 49.3. The summed E-state index contributed by atoms with van der Waals surface area (Å²) in [6.45, 7) is 4.78. The molecular weight excluding hydrogens is 684 g/mol. The van der Waals surface area contributed by atoms with Gasteiger partial charge in [0.05, 0.1) is 61.6 Å². The van der Waals surface area contributed by atoms with Crippen molar-refractivity contribution in [2.75, 3.05) is 70.4 Å². The van der Waals surface area contributed by atoms with Gasteiger partial charge in [0.1, 0.15) is 17.2 Å². The van der Waals surface area contributed by atoms with E-state index >= 15 is 5.21 Å². The summed E-state index contributed by atoms with van der Waals surface area (Å²) < 4.78 is 25.4. The van der Waals surface area contributed by atoms with Crippen LogP contribution in [-0.2, 0) is 29.8 Å². The summed E-state index contributed by atoms with van der Waals surface area (Å²) in [5, 5.41) is 33.0. The van der Waals surface area contributed by atoms with Gasteiger partial charge < -0.3 is 44.1 Å². The number of piperidine rings is 3. The summed E-state index contributed by atoms with van der Waals surface area (Å²) in [4.78, 5) is 19.1. The van der Waals surface area contributed by atoms with Crippen molar-refractivity contribution < 1.29 is 33.5 Å². The van der Waals surface area contributed by atoms with Gasteiger partial charge in [0.2, 0.25) is 0 Å². The van der Waals surface area contributed by atoms with E-state index in [0.29, 0.717) is 45.7 Å². The minimum atomic E-state index is -1.24. The Morgan fingerprint density at radius 1 is 0.981 bits per heavy atom. The summed E-state index contributed by atoms with van der Waals surface area (Å²) in [5.41, 5.74) is 2.97. The minimum Gasteiger partial charge on any atom is -0.633 e. The van der Waals surface area contributed by atoms with Crippen LogP contribution in [0.5, 0.6) is 5.75 Å². The number of rotatable bonds is 2. The number of nitrogens with zero attached hydrogens (tertiary/aromatic N) is 3. The number of carbonyl (C=O) groups is 1. The number of anilines is 2. The van der Waals surface area contributed by atoms with Gasteiger partial charge in [-0.25, -0.2) is 4.79 Å². The lowest BCUT2D eigenvalue weighted by Gasteiger charge is -2.71. The lowest BCUT2D eigenvalue weighted by atomic mass is 9.43. The monoisotopic (exact) mass is 734 g/mol. The van der Waals surface area contributed by atoms with Crippen LogP contribution >= 0.6 is 0 Å². The predicted molar refractivity (Wildman–Crippen MR) is 197 cm³/mol. The molecule has 284 valence electrons. The maximum atomic E-state index is 15.2. The molecule has 2 aromatic carbocycles. The van der Waals surface area contributed by atoms with Crippen LogP contribution in [0.4, 0.5) is 11.4 Å². The first-order chi connectivity index (χ1) is 26.2. The number of carbonyl (C=O) groups excluding carboxylic acids is 1. The van der Waals surface area contributed by atoms with Gasteiger partial charge >= 0.3 is 5.97 Å². The van der Waals surface area contributed by atoms with E-state index in [-0.39, 0.29) is 62.5 Å². The van der Waals surface area contributed by atoms with Gasteiger partial charge in [0.15, 0.2) is 5.72 Å². The maximum absolute atomic E-state index is 15.2. The Hall–Kier alpha value is -3.19. The van der Waals surface area contributed by atoms with Crippen LogP contribution in [0.2, 0.25) is 0 Å². The Balaban J connectivity index is 1.03. The molecule has 0 radical (unpaired) electrons. The molecule has 0 aromatic heterocycles. The van der Waals surface area contributed by atoms with E-state index in [1.807, 2.05) is 6.07 Å². The third-order valence-electron chi connectivity index (χ3n) is 18.0. The van der Waals surface area contributed by atoms with Crippen molar-refractivity contribution in [3.63, 3.8) is 0 Å². The summed E-state index contributed by atoms with van der Waals surface area (Å²) in [7, 11) is 3.25. The zero-order valence-corrected chi connectivity index (χ0v) is 31.3. The molecule has 13 rings (SSSR count). The zero-order chi connectivity index (χ0) is 36.3. The van der Waals surface area contributed by atoms with Crippen LogP contribution < -0.4 is 15.0 Å². The largest absolute Gasteiger partial charge is 0.633 e. The lowest BCUT2D eigenvalue weighted by Crippen LogP contribution is -2.82. The van der Waals surface area contributed by atoms with Crippen LogP contribution in [0.3, 0.4) is 0 Å². The van der Waals surface area contributed by atoms with E-state index in [0.717, 1.165) is 85.6 Å². The van der Waals surface area contributed by atoms with Gasteiger partial charge in [-0.2, -0.15) is 0 Å². The molecule has 54 heavy (non-hydrogen) atoms. The molecular formula is C43H50N4O7. The minimum absolute atomic E-state index is 0.0333. The smallest absolute Gasteiger partial charge is 0.335 e. The van der Waals surface area contributed by atoms with Crippen molar-refractivity contribution in [3.05, 3.63) is 70.1 Å². The molecule has 0 bridgehead atoms. The van der Waals surface area contributed by atoms with Gasteiger partial charge in [-0.15, -0.1) is 0 Å². The molecule has 2 aliphatic carbocycles. The molecule has 8 fully saturated rings. The first-order valence-electron chi connectivity index (χ1n) is 20.6. The SMILES string of the molecule is COC(=O)C1=C2Nc3ccccc3[C@@]23CCN2CC4(C[C@@H]5C[C@]67CCO[C@H]6CC[N+]6([O-])CC[C@@]8(c9cccc(OC)c9N(C4)[C@@]58O)[C@H]76)C4OCC[C@]4(C1)[C@H]23. The first-order valence-corrected chi connectivity index (χ1v) is 20.6. The Morgan fingerprint density at radius 2 is 1.81 bits per heavy atom. The number of aliphatic hydroxyl groups is 1. The highest BCUT2D eigenvalue weighted by Crippen LogP contribution is 2.78. The number of benzene rings is 2. The number of ether oxygens (including phenoxy) is 4. The predicted octanol–water partition coefficient (Wildman–Crippen LogP) is 4.18. The fraction of sp³-hybridized carbons (Fsp3) is 0.651. The second-order valence-electron chi connectivity index (χ2n) is 19.3. The van der Waals surface area contributed by atoms with Gasteiger partial charge in [0, 0.05) is 73.3 Å². The van der Waals surface area contributed by atoms with Gasteiger partial charge in [0.25, 0.3) is 0 Å². The second kappa shape index (κ2) is 9.66. The fourth-order valence-electron chi connectivity index (χ4n) is 17.1. The third-order valence-corrected chi connectivity index (χ3v) is 18.0. The average Bonchev–Trinajstić information content (AvgIpc) is 4.02. The number of hydroxylamine groups is 3. The van der Waals surface area contributed by atoms with E-state index in [1.165, 1.54) is 12.7 Å². The highest BCUT2D eigenvalue weighted by Gasteiger charge is 2.86. The van der Waals surface area contributed by atoms with Crippen molar-refractivity contribution in [2.24, 2.45) is 22.2 Å².